The summed E-state index contributed by atoms with van der Waals surface area (Å²) >= 11 is 3.86. The van der Waals surface area contributed by atoms with Gasteiger partial charge in [-0.15, -0.1) is 12.6 Å². The molecule has 0 aromatic rings. The average molecular weight is 445 g/mol. The van der Waals surface area contributed by atoms with Gasteiger partial charge in [0.05, 0.1) is 12.8 Å². The van der Waals surface area contributed by atoms with Gasteiger partial charge in [-0.05, 0) is 55.7 Å². The third-order valence-corrected chi connectivity index (χ3v) is 9.43. The van der Waals surface area contributed by atoms with Crippen molar-refractivity contribution in [2.24, 2.45) is 28.1 Å². The largest absolute Gasteiger partial charge is 0.390 e. The molecule has 4 aliphatic carbocycles. The minimum Gasteiger partial charge on any atom is -0.390 e. The molecule has 2 N–H and O–H groups in total. The number of alkyl halides is 3. The van der Waals surface area contributed by atoms with Crippen LogP contribution in [0.3, 0.4) is 0 Å². The number of aliphatic hydroxyl groups excluding tert-OH is 1. The van der Waals surface area contributed by atoms with Crippen LogP contribution in [0.5, 0.6) is 0 Å². The summed E-state index contributed by atoms with van der Waals surface area (Å²) in [5, 5.41) is 21.7. The van der Waals surface area contributed by atoms with Crippen molar-refractivity contribution in [1.82, 2.24) is 0 Å². The summed E-state index contributed by atoms with van der Waals surface area (Å²) in [5.74, 6) is -2.08. The van der Waals surface area contributed by atoms with Gasteiger partial charge in [0.1, 0.15) is 11.8 Å². The maximum Gasteiger partial charge on any atom is 0.218 e. The summed E-state index contributed by atoms with van der Waals surface area (Å²) < 4.78 is 47.7. The van der Waals surface area contributed by atoms with E-state index < -0.39 is 75.6 Å². The second-order valence-corrected chi connectivity index (χ2v) is 10.5. The lowest BCUT2D eigenvalue weighted by molar-refractivity contribution is -0.269. The van der Waals surface area contributed by atoms with Gasteiger partial charge in [0.2, 0.25) is 5.12 Å². The topological polar surface area (TPSA) is 74.6 Å². The third kappa shape index (κ3) is 2.09. The Hall–Kier alpha value is -1.12. The van der Waals surface area contributed by atoms with Crippen LogP contribution in [-0.2, 0) is 9.59 Å². The van der Waals surface area contributed by atoms with Gasteiger partial charge >= 0.3 is 0 Å². The molecule has 3 fully saturated rings. The highest BCUT2D eigenvalue weighted by molar-refractivity contribution is 7.96. The third-order valence-electron chi connectivity index (χ3n) is 9.09. The standard InChI is InChI=1S/C22H27F3O4S/c1-11-6-15-19(3,21(11,29)17(28)30)9-16(27)22(25)18(2)5-4-12(26)7-13(18)14(24)8-20(15,22)10-23/h4-5,7,11,14-16,27,29H,6,8-10H2,1-3H3,(H,28,30)/t11-,14+,15-,16+,18+,19+,20-,21+,22+/m1/s1. The zero-order chi connectivity index (χ0) is 22.5. The van der Waals surface area contributed by atoms with E-state index in [2.05, 4.69) is 12.6 Å². The molecule has 0 heterocycles. The first kappa shape index (κ1) is 22.1. The molecular weight excluding hydrogens is 417 g/mol. The molecule has 0 unspecified atom stereocenters. The number of carbonyl (C=O) groups excluding carboxylic acids is 2. The molecule has 8 heteroatoms. The van der Waals surface area contributed by atoms with Crippen molar-refractivity contribution in [2.45, 2.75) is 63.6 Å². The van der Waals surface area contributed by atoms with E-state index in [4.69, 9.17) is 0 Å². The van der Waals surface area contributed by atoms with Crippen molar-refractivity contribution in [1.29, 1.82) is 0 Å². The minimum absolute atomic E-state index is 0.0894. The number of halogens is 3. The SMILES string of the molecule is C[C@@H]1C[C@H]2[C@]3(CF)C[C@H](F)C4=CC(=O)C=C[C@]4(C)[C@@]3(F)[C@@H](O)C[C@]2(C)[C@@]1(O)C(=O)S. The summed E-state index contributed by atoms with van der Waals surface area (Å²) in [5.41, 5.74) is -9.85. The van der Waals surface area contributed by atoms with Crippen LogP contribution < -0.4 is 0 Å². The van der Waals surface area contributed by atoms with Crippen molar-refractivity contribution in [3.8, 4) is 0 Å². The molecular formula is C22H27F3O4S. The number of thiol groups is 1. The molecule has 0 saturated heterocycles. The van der Waals surface area contributed by atoms with Crippen LogP contribution in [0, 0.1) is 28.1 Å². The summed E-state index contributed by atoms with van der Waals surface area (Å²) in [6.07, 6.45) is -0.996. The maximum atomic E-state index is 17.2. The predicted molar refractivity (Wildman–Crippen MR) is 107 cm³/mol. The molecule has 0 aliphatic heterocycles. The summed E-state index contributed by atoms with van der Waals surface area (Å²) in [4.78, 5) is 24.3. The number of carbonyl (C=O) groups is 2. The van der Waals surface area contributed by atoms with E-state index in [1.165, 1.54) is 19.9 Å². The number of fused-ring (bicyclic) bond motifs is 5. The lowest BCUT2D eigenvalue weighted by Crippen LogP contribution is -2.76. The number of hydrogen-bond donors (Lipinski definition) is 3. The maximum absolute atomic E-state index is 17.2. The molecule has 9 atom stereocenters. The van der Waals surface area contributed by atoms with Gasteiger partial charge in [-0.2, -0.15) is 0 Å². The van der Waals surface area contributed by atoms with Crippen LogP contribution in [0.2, 0.25) is 0 Å². The van der Waals surface area contributed by atoms with Gasteiger partial charge in [0, 0.05) is 16.2 Å². The van der Waals surface area contributed by atoms with Gasteiger partial charge in [-0.1, -0.05) is 19.9 Å². The molecule has 0 spiro atoms. The first-order valence-corrected chi connectivity index (χ1v) is 10.7. The highest BCUT2D eigenvalue weighted by Crippen LogP contribution is 2.75. The Kier molecular flexibility index (Phi) is 4.58. The van der Waals surface area contributed by atoms with Crippen molar-refractivity contribution in [3.05, 3.63) is 23.8 Å². The molecule has 4 nitrogen and oxygen atoms in total. The van der Waals surface area contributed by atoms with E-state index in [-0.39, 0.29) is 18.4 Å². The number of hydrogen-bond acceptors (Lipinski definition) is 4. The number of allylic oxidation sites excluding steroid dienone is 4. The molecule has 4 aliphatic rings. The van der Waals surface area contributed by atoms with Gasteiger partial charge in [0.15, 0.2) is 11.5 Å². The molecule has 4 rings (SSSR count). The Bertz CT molecular complexity index is 892. The van der Waals surface area contributed by atoms with Crippen LogP contribution in [-0.4, -0.2) is 51.3 Å². The molecule has 166 valence electrons. The van der Waals surface area contributed by atoms with Crippen LogP contribution in [0.25, 0.3) is 0 Å². The quantitative estimate of drug-likeness (QED) is 0.573. The number of rotatable bonds is 2. The fraction of sp³-hybridized carbons (Fsp3) is 0.727. The van der Waals surface area contributed by atoms with Crippen LogP contribution in [0.1, 0.15) is 40.0 Å². The van der Waals surface area contributed by atoms with E-state index in [9.17, 15) is 24.2 Å². The second-order valence-electron chi connectivity index (χ2n) is 10.1. The van der Waals surface area contributed by atoms with Crippen molar-refractivity contribution >= 4 is 23.5 Å². The molecule has 3 saturated carbocycles. The fourth-order valence-electron chi connectivity index (χ4n) is 7.60. The predicted octanol–water partition coefficient (Wildman–Crippen LogP) is 3.08. The number of aliphatic hydroxyl groups is 2. The molecule has 0 amide bonds. The highest BCUT2D eigenvalue weighted by atomic mass is 32.1. The van der Waals surface area contributed by atoms with Crippen LogP contribution in [0.15, 0.2) is 23.8 Å². The molecule has 30 heavy (non-hydrogen) atoms. The molecule has 0 radical (unpaired) electrons. The Morgan fingerprint density at radius 2 is 1.97 bits per heavy atom. The average Bonchev–Trinajstić information content (AvgIpc) is 2.88. The first-order valence-electron chi connectivity index (χ1n) is 10.2. The van der Waals surface area contributed by atoms with Crippen LogP contribution in [0.4, 0.5) is 13.2 Å². The second kappa shape index (κ2) is 6.23. The van der Waals surface area contributed by atoms with Gasteiger partial charge < -0.3 is 10.2 Å². The molecule has 0 aromatic heterocycles. The summed E-state index contributed by atoms with van der Waals surface area (Å²) in [6.45, 7) is 3.27. The molecule has 0 aromatic carbocycles. The van der Waals surface area contributed by atoms with Crippen molar-refractivity contribution in [2.75, 3.05) is 6.67 Å². The Morgan fingerprint density at radius 3 is 2.53 bits per heavy atom. The zero-order valence-electron chi connectivity index (χ0n) is 17.2. The van der Waals surface area contributed by atoms with Gasteiger partial charge in [-0.3, -0.25) is 14.0 Å². The van der Waals surface area contributed by atoms with Crippen LogP contribution >= 0.6 is 12.6 Å². The molecule has 0 bridgehead atoms. The number of ketones is 1. The monoisotopic (exact) mass is 444 g/mol. The van der Waals surface area contributed by atoms with E-state index in [1.807, 2.05) is 0 Å². The Labute approximate surface area is 179 Å². The lowest BCUT2D eigenvalue weighted by atomic mass is 9.38. The summed E-state index contributed by atoms with van der Waals surface area (Å²) in [7, 11) is 0. The highest BCUT2D eigenvalue weighted by Gasteiger charge is 2.82. The van der Waals surface area contributed by atoms with E-state index >= 15 is 8.78 Å². The Balaban J connectivity index is 1.99. The lowest BCUT2D eigenvalue weighted by Gasteiger charge is -2.68. The fourth-order valence-corrected chi connectivity index (χ4v) is 8.08. The van der Waals surface area contributed by atoms with Crippen molar-refractivity contribution < 1.29 is 33.0 Å². The van der Waals surface area contributed by atoms with E-state index in [1.54, 1.807) is 6.92 Å². The first-order chi connectivity index (χ1) is 13.8. The minimum atomic E-state index is -2.63. The summed E-state index contributed by atoms with van der Waals surface area (Å²) in [6, 6.07) is 0. The normalized spacial score (nSPS) is 54.8. The smallest absolute Gasteiger partial charge is 0.218 e. The van der Waals surface area contributed by atoms with Gasteiger partial charge in [-0.25, -0.2) is 8.78 Å². The van der Waals surface area contributed by atoms with E-state index in [0.29, 0.717) is 0 Å². The van der Waals surface area contributed by atoms with Crippen molar-refractivity contribution in [3.63, 3.8) is 0 Å². The Morgan fingerprint density at radius 1 is 1.33 bits per heavy atom. The van der Waals surface area contributed by atoms with Gasteiger partial charge in [0.25, 0.3) is 0 Å². The zero-order valence-corrected chi connectivity index (χ0v) is 18.1. The van der Waals surface area contributed by atoms with E-state index in [0.717, 1.165) is 12.2 Å².